The van der Waals surface area contributed by atoms with E-state index in [1.54, 1.807) is 19.9 Å². The number of nitriles is 4. The second kappa shape index (κ2) is 7.77. The molecule has 0 aromatic rings. The number of allylic oxidation sites excluding steroid dienone is 4. The molecular weight excluding hydrogens is 320 g/mol. The molecule has 0 aromatic carbocycles. The first-order valence-corrected chi connectivity index (χ1v) is 8.67. The van der Waals surface area contributed by atoms with Crippen LogP contribution in [-0.2, 0) is 0 Å². The molecule has 4 nitrogen and oxygen atoms in total. The van der Waals surface area contributed by atoms with E-state index in [0.717, 1.165) is 0 Å². The average molecular weight is 351 g/mol. The van der Waals surface area contributed by atoms with Crippen molar-refractivity contribution in [2.75, 3.05) is 0 Å². The Balaban J connectivity index is 5.80. The van der Waals surface area contributed by atoms with E-state index < -0.39 is 10.8 Å². The molecule has 0 radical (unpaired) electrons. The lowest BCUT2D eigenvalue weighted by Gasteiger charge is -2.39. The summed E-state index contributed by atoms with van der Waals surface area (Å²) in [4.78, 5) is 0. The third-order valence-electron chi connectivity index (χ3n) is 5.53. The third kappa shape index (κ3) is 4.97. The fourth-order valence-corrected chi connectivity index (χ4v) is 2.18. The molecule has 0 aliphatic rings. The van der Waals surface area contributed by atoms with Crippen molar-refractivity contribution in [2.24, 2.45) is 27.1 Å². The van der Waals surface area contributed by atoms with Gasteiger partial charge < -0.3 is 0 Å². The van der Waals surface area contributed by atoms with E-state index in [0.29, 0.717) is 6.42 Å². The number of hydrogen-bond acceptors (Lipinski definition) is 4. The van der Waals surface area contributed by atoms with Gasteiger partial charge in [0.15, 0.2) is 0 Å². The Hall–Kier alpha value is -2.56. The van der Waals surface area contributed by atoms with E-state index in [9.17, 15) is 15.8 Å². The Kier molecular flexibility index (Phi) is 7.00. The minimum atomic E-state index is -1.73. The minimum absolute atomic E-state index is 0.206. The van der Waals surface area contributed by atoms with Crippen molar-refractivity contribution in [3.8, 4) is 24.3 Å². The number of rotatable bonds is 7. The highest BCUT2D eigenvalue weighted by Gasteiger charge is 2.46. The smallest absolute Gasteiger partial charge is 0.198 e. The van der Waals surface area contributed by atoms with E-state index in [2.05, 4.69) is 45.9 Å². The molecule has 0 spiro atoms. The molecule has 26 heavy (non-hydrogen) atoms. The van der Waals surface area contributed by atoms with Crippen molar-refractivity contribution in [2.45, 2.75) is 61.8 Å². The van der Waals surface area contributed by atoms with Gasteiger partial charge >= 0.3 is 0 Å². The van der Waals surface area contributed by atoms with Crippen LogP contribution in [0.4, 0.5) is 0 Å². The standard InChI is InChI=1S/C22H30N4/c1-18(2,13-14-23)9-10-19(3,4)20(5,6)11-12-21(7,8)22(15-24,16-25)17-26/h9-12H,13H2,1-8H3/b10-9+,12-11+. The molecule has 0 heterocycles. The van der Waals surface area contributed by atoms with Crippen molar-refractivity contribution in [3.63, 3.8) is 0 Å². The van der Waals surface area contributed by atoms with Crippen LogP contribution in [0.1, 0.15) is 61.8 Å². The zero-order chi connectivity index (χ0) is 20.9. The van der Waals surface area contributed by atoms with Crippen LogP contribution in [-0.4, -0.2) is 0 Å². The summed E-state index contributed by atoms with van der Waals surface area (Å²) in [5.74, 6) is 0. The predicted octanol–water partition coefficient (Wildman–Crippen LogP) is 5.67. The van der Waals surface area contributed by atoms with Crippen LogP contribution in [0, 0.1) is 72.4 Å². The van der Waals surface area contributed by atoms with Gasteiger partial charge in [0.05, 0.1) is 6.07 Å². The summed E-state index contributed by atoms with van der Waals surface area (Å²) >= 11 is 0. The van der Waals surface area contributed by atoms with E-state index >= 15 is 0 Å². The maximum atomic E-state index is 9.36. The van der Waals surface area contributed by atoms with Crippen LogP contribution < -0.4 is 0 Å². The van der Waals surface area contributed by atoms with Crippen LogP contribution in [0.25, 0.3) is 0 Å². The van der Waals surface area contributed by atoms with Gasteiger partial charge in [0.25, 0.3) is 0 Å². The first-order valence-electron chi connectivity index (χ1n) is 8.67. The topological polar surface area (TPSA) is 95.2 Å². The lowest BCUT2D eigenvalue weighted by Crippen LogP contribution is -2.34. The SMILES string of the molecule is CC(C)(/C=C/C(C)(C)C(C)(C)/C=C/C(C)(C)C(C#N)(C#N)C#N)CC#N. The molecule has 0 aliphatic heterocycles. The van der Waals surface area contributed by atoms with Gasteiger partial charge in [-0.05, 0) is 16.2 Å². The van der Waals surface area contributed by atoms with Crippen LogP contribution >= 0.6 is 0 Å². The fraction of sp³-hybridized carbons (Fsp3) is 0.636. The number of hydrogen-bond donors (Lipinski definition) is 0. The normalized spacial score (nSPS) is 13.8. The molecule has 0 fully saturated rings. The van der Waals surface area contributed by atoms with Gasteiger partial charge in [-0.2, -0.15) is 21.0 Å². The van der Waals surface area contributed by atoms with Gasteiger partial charge in [0, 0.05) is 11.8 Å². The Morgan fingerprint density at radius 1 is 0.577 bits per heavy atom. The quantitative estimate of drug-likeness (QED) is 0.552. The fourth-order valence-electron chi connectivity index (χ4n) is 2.18. The second-order valence-corrected chi connectivity index (χ2v) is 9.24. The van der Waals surface area contributed by atoms with E-state index in [1.807, 2.05) is 38.1 Å². The van der Waals surface area contributed by atoms with Gasteiger partial charge in [-0.3, -0.25) is 0 Å². The largest absolute Gasteiger partial charge is 0.237 e. The highest BCUT2D eigenvalue weighted by atomic mass is 14.5. The Labute approximate surface area is 159 Å². The number of nitrogens with zero attached hydrogens (tertiary/aromatic N) is 4. The first-order chi connectivity index (χ1) is 11.7. The Morgan fingerprint density at radius 2 is 0.923 bits per heavy atom. The van der Waals surface area contributed by atoms with Crippen LogP contribution in [0.5, 0.6) is 0 Å². The molecule has 0 saturated heterocycles. The zero-order valence-electron chi connectivity index (χ0n) is 17.3. The zero-order valence-corrected chi connectivity index (χ0v) is 17.3. The summed E-state index contributed by atoms with van der Waals surface area (Å²) in [6, 6.07) is 7.82. The summed E-state index contributed by atoms with van der Waals surface area (Å²) in [6.07, 6.45) is 8.42. The molecule has 0 saturated carbocycles. The average Bonchev–Trinajstić information content (AvgIpc) is 2.53. The maximum Gasteiger partial charge on any atom is 0.237 e. The summed E-state index contributed by atoms with van der Waals surface area (Å²) in [7, 11) is 0. The molecule has 0 bridgehead atoms. The Bertz CT molecular complexity index is 699. The summed E-state index contributed by atoms with van der Waals surface area (Å²) < 4.78 is 0. The molecular formula is C22H30N4. The van der Waals surface area contributed by atoms with Gasteiger partial charge in [-0.25, -0.2) is 0 Å². The predicted molar refractivity (Wildman–Crippen MR) is 103 cm³/mol. The lowest BCUT2D eigenvalue weighted by atomic mass is 9.63. The maximum absolute atomic E-state index is 9.36. The molecule has 0 aliphatic carbocycles. The van der Waals surface area contributed by atoms with Crippen molar-refractivity contribution in [3.05, 3.63) is 24.3 Å². The molecule has 0 atom stereocenters. The van der Waals surface area contributed by atoms with E-state index in [-0.39, 0.29) is 16.2 Å². The molecule has 0 N–H and O–H groups in total. The summed E-state index contributed by atoms with van der Waals surface area (Å²) in [6.45, 7) is 15.9. The van der Waals surface area contributed by atoms with Crippen molar-refractivity contribution in [1.29, 1.82) is 21.0 Å². The van der Waals surface area contributed by atoms with Crippen molar-refractivity contribution >= 4 is 0 Å². The van der Waals surface area contributed by atoms with E-state index in [1.165, 1.54) is 0 Å². The van der Waals surface area contributed by atoms with E-state index in [4.69, 9.17) is 5.26 Å². The van der Waals surface area contributed by atoms with Crippen molar-refractivity contribution in [1.82, 2.24) is 0 Å². The van der Waals surface area contributed by atoms with Gasteiger partial charge in [-0.15, -0.1) is 0 Å². The van der Waals surface area contributed by atoms with Crippen LogP contribution in [0.15, 0.2) is 24.3 Å². The van der Waals surface area contributed by atoms with Gasteiger partial charge in [0.2, 0.25) is 5.41 Å². The molecule has 0 rings (SSSR count). The van der Waals surface area contributed by atoms with Gasteiger partial charge in [-0.1, -0.05) is 79.7 Å². The molecule has 4 heteroatoms. The van der Waals surface area contributed by atoms with Crippen LogP contribution in [0.2, 0.25) is 0 Å². The summed E-state index contributed by atoms with van der Waals surface area (Å²) in [5.41, 5.74) is -3.38. The molecule has 0 amide bonds. The molecule has 0 aromatic heterocycles. The second-order valence-electron chi connectivity index (χ2n) is 9.24. The van der Waals surface area contributed by atoms with Crippen molar-refractivity contribution < 1.29 is 0 Å². The van der Waals surface area contributed by atoms with Gasteiger partial charge in [0.1, 0.15) is 18.2 Å². The highest BCUT2D eigenvalue weighted by molar-refractivity contribution is 5.34. The lowest BCUT2D eigenvalue weighted by molar-refractivity contribution is 0.225. The molecule has 138 valence electrons. The molecule has 0 unspecified atom stereocenters. The summed E-state index contributed by atoms with van der Waals surface area (Å²) in [5, 5.41) is 37.0. The first kappa shape index (κ1) is 23.4. The Morgan fingerprint density at radius 3 is 1.27 bits per heavy atom. The minimum Gasteiger partial charge on any atom is -0.198 e. The highest BCUT2D eigenvalue weighted by Crippen LogP contribution is 2.45. The monoisotopic (exact) mass is 350 g/mol. The van der Waals surface area contributed by atoms with Crippen LogP contribution in [0.3, 0.4) is 0 Å². The third-order valence-corrected chi connectivity index (χ3v) is 5.53.